The predicted octanol–water partition coefficient (Wildman–Crippen LogP) is 5.12. The number of hydrogen-bond donors (Lipinski definition) is 5. The van der Waals surface area contributed by atoms with E-state index < -0.39 is 57.4 Å². The molecule has 1 saturated carbocycles. The van der Waals surface area contributed by atoms with Crippen molar-refractivity contribution in [1.82, 2.24) is 45.0 Å². The van der Waals surface area contributed by atoms with E-state index >= 15 is 0 Å². The lowest BCUT2D eigenvalue weighted by atomic mass is 9.85. The highest BCUT2D eigenvalue weighted by molar-refractivity contribution is 7.93. The van der Waals surface area contributed by atoms with Gasteiger partial charge in [0, 0.05) is 66.9 Å². The van der Waals surface area contributed by atoms with Crippen LogP contribution in [0.5, 0.6) is 5.75 Å². The SMILES string of the molecule is C[C@H](Oc1cc(-c2nn(C)c3c(-c4cnn(C5CCC(C(=O)N[C@H]6C[C@H](Nc7cccc8c7C(=O)N(C7CCC(=O)NC7=O)C8=O)C6)N(C)C5)c4)cnc(N)c23)ccc1NS(=O)(=O)C(F)F)c1ccc(F)cc1. The second kappa shape index (κ2) is 19.0. The largest absolute Gasteiger partial charge is 0.484 e. The number of nitrogens with two attached hydrogens (primary N) is 1. The minimum absolute atomic E-state index is 0.0237. The third-order valence-electron chi connectivity index (χ3n) is 14.0. The predicted molar refractivity (Wildman–Crippen MR) is 260 cm³/mol. The average Bonchev–Trinajstić information content (AvgIpc) is 4.04. The Labute approximate surface area is 415 Å². The van der Waals surface area contributed by atoms with Crippen LogP contribution >= 0.6 is 0 Å². The number of imide groups is 2. The first kappa shape index (κ1) is 48.8. The van der Waals surface area contributed by atoms with E-state index in [2.05, 4.69) is 20.9 Å². The maximum absolute atomic E-state index is 13.7. The summed E-state index contributed by atoms with van der Waals surface area (Å²) in [5, 5.41) is 18.7. The summed E-state index contributed by atoms with van der Waals surface area (Å²) in [6, 6.07) is 12.9. The van der Waals surface area contributed by atoms with E-state index in [0.29, 0.717) is 76.8 Å². The van der Waals surface area contributed by atoms with Gasteiger partial charge in [-0.3, -0.25) is 53.2 Å². The van der Waals surface area contributed by atoms with E-state index in [1.54, 1.807) is 49.2 Å². The summed E-state index contributed by atoms with van der Waals surface area (Å²) in [4.78, 5) is 72.2. The Kier molecular flexibility index (Phi) is 12.7. The number of piperidine rings is 2. The number of sulfonamides is 1. The van der Waals surface area contributed by atoms with Crippen molar-refractivity contribution in [2.75, 3.05) is 29.4 Å². The van der Waals surface area contributed by atoms with Crippen LogP contribution < -0.4 is 31.1 Å². The molecule has 6 heterocycles. The van der Waals surface area contributed by atoms with Crippen LogP contribution in [0.1, 0.15) is 83.9 Å². The molecular weight excluding hydrogens is 974 g/mol. The Balaban J connectivity index is 0.792. The highest BCUT2D eigenvalue weighted by atomic mass is 32.2. The number of likely N-dealkylation sites (tertiary alicyclic amines) is 1. The summed E-state index contributed by atoms with van der Waals surface area (Å²) in [7, 11) is -1.48. The van der Waals surface area contributed by atoms with Crippen molar-refractivity contribution < 1.29 is 50.3 Å². The molecule has 3 aromatic heterocycles. The van der Waals surface area contributed by atoms with Gasteiger partial charge in [0.2, 0.25) is 17.7 Å². The fraction of sp³-hybridized carbons (Fsp3) is 0.347. The lowest BCUT2D eigenvalue weighted by molar-refractivity contribution is -0.136. The first-order chi connectivity index (χ1) is 34.8. The van der Waals surface area contributed by atoms with Crippen LogP contribution in [0.25, 0.3) is 33.3 Å². The Morgan fingerprint density at radius 3 is 2.41 bits per heavy atom. The second-order valence-corrected chi connectivity index (χ2v) is 20.4. The number of likely N-dealkylation sites (N-methyl/N-ethyl adjacent to an activating group) is 1. The second-order valence-electron chi connectivity index (χ2n) is 18.8. The van der Waals surface area contributed by atoms with Crippen molar-refractivity contribution in [2.24, 2.45) is 7.05 Å². The van der Waals surface area contributed by atoms with E-state index in [4.69, 9.17) is 20.7 Å². The van der Waals surface area contributed by atoms with Crippen LogP contribution in [0.2, 0.25) is 0 Å². The van der Waals surface area contributed by atoms with Crippen LogP contribution in [0.4, 0.5) is 30.4 Å². The van der Waals surface area contributed by atoms with Gasteiger partial charge < -0.3 is 21.1 Å². The number of carbonyl (C=O) groups is 5. The molecule has 6 N–H and O–H groups in total. The number of carbonyl (C=O) groups excluding carboxylic acids is 5. The van der Waals surface area contributed by atoms with Crippen molar-refractivity contribution >= 4 is 67.7 Å². The van der Waals surface area contributed by atoms with Crippen LogP contribution in [0, 0.1) is 5.82 Å². The monoisotopic (exact) mass is 1020 g/mol. The molecule has 0 bridgehead atoms. The summed E-state index contributed by atoms with van der Waals surface area (Å²) in [5.41, 5.74) is 10.3. The van der Waals surface area contributed by atoms with Gasteiger partial charge in [-0.1, -0.05) is 24.3 Å². The summed E-state index contributed by atoms with van der Waals surface area (Å²) >= 11 is 0. The van der Waals surface area contributed by atoms with E-state index in [-0.39, 0.29) is 71.3 Å². The highest BCUT2D eigenvalue weighted by Crippen LogP contribution is 2.41. The molecule has 1 aliphatic carbocycles. The van der Waals surface area contributed by atoms with Crippen molar-refractivity contribution in [2.45, 2.75) is 87.5 Å². The number of nitrogens with one attached hydrogen (secondary N) is 4. The number of pyridine rings is 1. The molecule has 0 radical (unpaired) electrons. The number of aryl methyl sites for hydroxylation is 1. The van der Waals surface area contributed by atoms with Gasteiger partial charge in [-0.15, -0.1) is 0 Å². The van der Waals surface area contributed by atoms with Crippen LogP contribution in [0.15, 0.2) is 79.3 Å². The van der Waals surface area contributed by atoms with E-state index in [9.17, 15) is 45.6 Å². The van der Waals surface area contributed by atoms with E-state index in [1.807, 2.05) is 27.5 Å². The number of nitrogen functional groups attached to an aromatic ring is 1. The zero-order valence-corrected chi connectivity index (χ0v) is 40.3. The Morgan fingerprint density at radius 1 is 0.918 bits per heavy atom. The lowest BCUT2D eigenvalue weighted by Gasteiger charge is -2.40. The van der Waals surface area contributed by atoms with Gasteiger partial charge in [-0.2, -0.15) is 19.0 Å². The fourth-order valence-electron chi connectivity index (χ4n) is 10.1. The number of fused-ring (bicyclic) bond motifs is 2. The zero-order valence-electron chi connectivity index (χ0n) is 39.5. The van der Waals surface area contributed by atoms with Gasteiger partial charge >= 0.3 is 5.76 Å². The third-order valence-corrected chi connectivity index (χ3v) is 15.0. The average molecular weight is 1020 g/mol. The Hall–Kier alpha value is -7.86. The molecule has 5 amide bonds. The number of benzene rings is 3. The summed E-state index contributed by atoms with van der Waals surface area (Å²) < 4.78 is 76.8. The third kappa shape index (κ3) is 9.19. The lowest BCUT2D eigenvalue weighted by Crippen LogP contribution is -2.56. The molecule has 3 fully saturated rings. The minimum atomic E-state index is -5.09. The van der Waals surface area contributed by atoms with Crippen molar-refractivity contribution in [3.8, 4) is 28.1 Å². The normalized spacial score (nSPS) is 21.7. The fourth-order valence-corrected chi connectivity index (χ4v) is 10.7. The molecule has 20 nitrogen and oxygen atoms in total. The van der Waals surface area contributed by atoms with Gasteiger partial charge in [0.1, 0.15) is 35.2 Å². The maximum Gasteiger partial charge on any atom is 0.355 e. The van der Waals surface area contributed by atoms with Gasteiger partial charge in [-0.05, 0) is 88.0 Å². The maximum atomic E-state index is 13.7. The number of hydrogen-bond acceptors (Lipinski definition) is 14. The number of aromatic nitrogens is 5. The molecule has 73 heavy (non-hydrogen) atoms. The minimum Gasteiger partial charge on any atom is -0.484 e. The molecule has 0 spiro atoms. The van der Waals surface area contributed by atoms with Crippen LogP contribution in [-0.4, -0.2) is 116 Å². The van der Waals surface area contributed by atoms with E-state index in [0.717, 1.165) is 4.90 Å². The molecule has 6 aromatic rings. The van der Waals surface area contributed by atoms with Gasteiger partial charge in [-0.25, -0.2) is 17.8 Å². The standard InChI is InChI=1S/C49H49F3N12O8S/c1-24(25-7-10-28(50)11-8-25)72-38-17-26(9-13-34(38)60-73(70,71)49(51)52)42-41-43(62(3)59-42)33(21-54-44(41)53)27-20-55-63(22-27)31-12-14-36(61(2)23-31)45(66)57-30-18-29(19-30)56-35-6-4-5-32-40(35)48(69)64(47(32)68)37-15-16-39(65)58-46(37)67/h4-11,13,17,20-22,24,29-31,36-37,49,56,60H,12,14-16,18-19,23H2,1-3H3,(H2,53,54)(H,57,66)(H,58,65,67)/t24-,29-,30-,31?,36?,37?/m0/s1. The zero-order chi connectivity index (χ0) is 51.6. The quantitative estimate of drug-likeness (QED) is 0.0888. The summed E-state index contributed by atoms with van der Waals surface area (Å²) in [6.45, 7) is 2.16. The Bertz CT molecular complexity index is 3340. The number of anilines is 3. The molecule has 3 unspecified atom stereocenters. The highest BCUT2D eigenvalue weighted by Gasteiger charge is 2.46. The van der Waals surface area contributed by atoms with Gasteiger partial charge in [0.25, 0.3) is 21.8 Å². The van der Waals surface area contributed by atoms with E-state index in [1.165, 1.54) is 42.5 Å². The first-order valence-corrected chi connectivity index (χ1v) is 25.0. The summed E-state index contributed by atoms with van der Waals surface area (Å²) in [5.74, 6) is -6.55. The molecule has 4 atom stereocenters. The van der Waals surface area contributed by atoms with Crippen LogP contribution in [0.3, 0.4) is 0 Å². The number of amides is 5. The molecule has 2 saturated heterocycles. The molecule has 10 rings (SSSR count). The molecule has 380 valence electrons. The molecule has 4 aliphatic rings. The first-order valence-electron chi connectivity index (χ1n) is 23.5. The molecule has 3 aliphatic heterocycles. The number of halogens is 3. The van der Waals surface area contributed by atoms with Crippen molar-refractivity contribution in [3.63, 3.8) is 0 Å². The Morgan fingerprint density at radius 2 is 1.68 bits per heavy atom. The molecule has 24 heteroatoms. The van der Waals surface area contributed by atoms with Crippen molar-refractivity contribution in [1.29, 1.82) is 0 Å². The molecule has 3 aromatic carbocycles. The van der Waals surface area contributed by atoms with Gasteiger partial charge in [0.05, 0.1) is 46.0 Å². The number of ether oxygens (including phenoxy) is 1. The van der Waals surface area contributed by atoms with Crippen molar-refractivity contribution in [3.05, 3.63) is 102 Å². The number of alkyl halides is 2. The summed E-state index contributed by atoms with van der Waals surface area (Å²) in [6.07, 6.45) is 6.91. The van der Waals surface area contributed by atoms with Crippen LogP contribution in [-0.2, 0) is 31.5 Å². The number of nitrogens with zero attached hydrogens (tertiary/aromatic N) is 7. The molecular formula is C49H49F3N12O8S. The van der Waals surface area contributed by atoms with Gasteiger partial charge in [0.15, 0.2) is 0 Å². The number of rotatable bonds is 14. The smallest absolute Gasteiger partial charge is 0.355 e. The topological polar surface area (TPSA) is 258 Å².